The fourth-order valence-corrected chi connectivity index (χ4v) is 2.19. The Kier molecular flexibility index (Phi) is 4.74. The van der Waals surface area contributed by atoms with Gasteiger partial charge >= 0.3 is 5.97 Å². The summed E-state index contributed by atoms with van der Waals surface area (Å²) >= 11 is 0. The third kappa shape index (κ3) is 2.74. The fraction of sp³-hybridized carbons (Fsp3) is 0.917. The van der Waals surface area contributed by atoms with Crippen LogP contribution in [0.1, 0.15) is 33.6 Å². The molecule has 1 fully saturated rings. The van der Waals surface area contributed by atoms with Crippen molar-refractivity contribution in [1.82, 2.24) is 4.90 Å². The number of hydrogen-bond donors (Lipinski definition) is 1. The van der Waals surface area contributed by atoms with E-state index in [1.165, 1.54) is 0 Å². The Morgan fingerprint density at radius 2 is 2.25 bits per heavy atom. The normalized spacial score (nSPS) is 27.2. The Balaban J connectivity index is 2.70. The largest absolute Gasteiger partial charge is 0.481 e. The number of ether oxygens (including phenoxy) is 1. The highest BCUT2D eigenvalue weighted by atomic mass is 16.5. The van der Waals surface area contributed by atoms with E-state index in [0.29, 0.717) is 32.2 Å². The zero-order valence-electron chi connectivity index (χ0n) is 10.5. The molecule has 1 aliphatic heterocycles. The topological polar surface area (TPSA) is 49.8 Å². The first-order chi connectivity index (χ1) is 7.55. The van der Waals surface area contributed by atoms with Gasteiger partial charge in [-0.2, -0.15) is 0 Å². The van der Waals surface area contributed by atoms with Gasteiger partial charge in [0, 0.05) is 19.2 Å². The number of carboxylic acid groups (broad SMARTS) is 1. The molecule has 2 unspecified atom stereocenters. The van der Waals surface area contributed by atoms with Gasteiger partial charge in [0.05, 0.1) is 6.61 Å². The predicted molar refractivity (Wildman–Crippen MR) is 62.5 cm³/mol. The summed E-state index contributed by atoms with van der Waals surface area (Å²) in [6.07, 6.45) is 1.68. The number of carboxylic acids is 1. The number of nitrogens with zero attached hydrogens (tertiary/aromatic N) is 1. The highest BCUT2D eigenvalue weighted by Crippen LogP contribution is 2.30. The molecule has 1 saturated heterocycles. The molecule has 0 aromatic heterocycles. The Bertz CT molecular complexity index is 236. The average Bonchev–Trinajstić information content (AvgIpc) is 2.74. The van der Waals surface area contributed by atoms with E-state index < -0.39 is 11.4 Å². The van der Waals surface area contributed by atoms with E-state index in [-0.39, 0.29) is 0 Å². The number of hydrogen-bond acceptors (Lipinski definition) is 3. The fourth-order valence-electron chi connectivity index (χ4n) is 2.19. The van der Waals surface area contributed by atoms with Crippen LogP contribution in [0.5, 0.6) is 0 Å². The monoisotopic (exact) mass is 229 g/mol. The second kappa shape index (κ2) is 5.64. The van der Waals surface area contributed by atoms with Gasteiger partial charge in [-0.3, -0.25) is 9.69 Å². The highest BCUT2D eigenvalue weighted by molar-refractivity contribution is 5.75. The Labute approximate surface area is 97.6 Å². The van der Waals surface area contributed by atoms with Crippen LogP contribution in [-0.2, 0) is 9.53 Å². The molecule has 4 heteroatoms. The first-order valence-corrected chi connectivity index (χ1v) is 6.11. The second-order valence-electron chi connectivity index (χ2n) is 4.71. The summed E-state index contributed by atoms with van der Waals surface area (Å²) in [6.45, 7) is 8.79. The van der Waals surface area contributed by atoms with Crippen LogP contribution in [0.4, 0.5) is 0 Å². The SMILES string of the molecule is CCC(C)N(CC)CC1(C(=O)O)CCOC1. The second-order valence-corrected chi connectivity index (χ2v) is 4.71. The Morgan fingerprint density at radius 1 is 1.56 bits per heavy atom. The van der Waals surface area contributed by atoms with Crippen LogP contribution in [0.25, 0.3) is 0 Å². The van der Waals surface area contributed by atoms with Gasteiger partial charge in [0.25, 0.3) is 0 Å². The molecule has 1 heterocycles. The third-order valence-corrected chi connectivity index (χ3v) is 3.68. The minimum absolute atomic E-state index is 0.356. The minimum Gasteiger partial charge on any atom is -0.481 e. The summed E-state index contributed by atoms with van der Waals surface area (Å²) in [7, 11) is 0. The van der Waals surface area contributed by atoms with E-state index in [1.54, 1.807) is 0 Å². The van der Waals surface area contributed by atoms with Crippen molar-refractivity contribution in [1.29, 1.82) is 0 Å². The van der Waals surface area contributed by atoms with Crippen molar-refractivity contribution in [2.24, 2.45) is 5.41 Å². The average molecular weight is 229 g/mol. The van der Waals surface area contributed by atoms with Gasteiger partial charge in [-0.25, -0.2) is 0 Å². The van der Waals surface area contributed by atoms with Crippen LogP contribution in [0.15, 0.2) is 0 Å². The van der Waals surface area contributed by atoms with Gasteiger partial charge in [0.2, 0.25) is 0 Å². The smallest absolute Gasteiger partial charge is 0.313 e. The first kappa shape index (κ1) is 13.5. The molecule has 1 rings (SSSR count). The van der Waals surface area contributed by atoms with E-state index in [2.05, 4.69) is 25.7 Å². The van der Waals surface area contributed by atoms with E-state index in [4.69, 9.17) is 4.74 Å². The molecule has 1 N–H and O–H groups in total. The number of rotatable bonds is 6. The molecule has 0 aromatic carbocycles. The molecule has 0 aliphatic carbocycles. The van der Waals surface area contributed by atoms with Crippen LogP contribution in [-0.4, -0.2) is 48.3 Å². The number of aliphatic carboxylic acids is 1. The van der Waals surface area contributed by atoms with Crippen molar-refractivity contribution in [3.63, 3.8) is 0 Å². The van der Waals surface area contributed by atoms with Crippen molar-refractivity contribution < 1.29 is 14.6 Å². The predicted octanol–water partition coefficient (Wildman–Crippen LogP) is 1.60. The molecule has 0 amide bonds. The van der Waals surface area contributed by atoms with Crippen LogP contribution >= 0.6 is 0 Å². The third-order valence-electron chi connectivity index (χ3n) is 3.68. The summed E-state index contributed by atoms with van der Waals surface area (Å²) in [4.78, 5) is 13.6. The van der Waals surface area contributed by atoms with Crippen molar-refractivity contribution >= 4 is 5.97 Å². The highest BCUT2D eigenvalue weighted by Gasteiger charge is 2.44. The molecule has 0 aromatic rings. The van der Waals surface area contributed by atoms with E-state index in [1.807, 2.05) is 0 Å². The summed E-state index contributed by atoms with van der Waals surface area (Å²) in [5.74, 6) is -0.716. The van der Waals surface area contributed by atoms with Crippen LogP contribution in [0.3, 0.4) is 0 Å². The molecule has 16 heavy (non-hydrogen) atoms. The van der Waals surface area contributed by atoms with E-state index in [9.17, 15) is 9.90 Å². The standard InChI is InChI=1S/C12H23NO3/c1-4-10(3)13(5-2)8-12(11(14)15)6-7-16-9-12/h10H,4-9H2,1-3H3,(H,14,15). The molecule has 94 valence electrons. The Morgan fingerprint density at radius 3 is 2.62 bits per heavy atom. The van der Waals surface area contributed by atoms with Gasteiger partial charge in [-0.1, -0.05) is 13.8 Å². The molecule has 2 atom stereocenters. The number of carbonyl (C=O) groups is 1. The summed E-state index contributed by atoms with van der Waals surface area (Å²) in [6, 6.07) is 0.432. The van der Waals surface area contributed by atoms with Crippen molar-refractivity contribution in [2.75, 3.05) is 26.3 Å². The maximum Gasteiger partial charge on any atom is 0.313 e. The Hall–Kier alpha value is -0.610. The summed E-state index contributed by atoms with van der Waals surface area (Å²) in [5.41, 5.74) is -0.681. The lowest BCUT2D eigenvalue weighted by Crippen LogP contribution is -2.46. The van der Waals surface area contributed by atoms with E-state index >= 15 is 0 Å². The van der Waals surface area contributed by atoms with Crippen LogP contribution in [0, 0.1) is 5.41 Å². The minimum atomic E-state index is -0.716. The van der Waals surface area contributed by atoms with Crippen LogP contribution in [0.2, 0.25) is 0 Å². The molecule has 0 radical (unpaired) electrons. The zero-order valence-corrected chi connectivity index (χ0v) is 10.5. The zero-order chi connectivity index (χ0) is 12.2. The summed E-state index contributed by atoms with van der Waals surface area (Å²) in [5, 5.41) is 9.36. The molecule has 4 nitrogen and oxygen atoms in total. The lowest BCUT2D eigenvalue weighted by atomic mass is 9.86. The van der Waals surface area contributed by atoms with Crippen molar-refractivity contribution in [2.45, 2.75) is 39.7 Å². The van der Waals surface area contributed by atoms with Crippen molar-refractivity contribution in [3.8, 4) is 0 Å². The molecule has 0 saturated carbocycles. The first-order valence-electron chi connectivity index (χ1n) is 6.11. The summed E-state index contributed by atoms with van der Waals surface area (Å²) < 4.78 is 5.27. The van der Waals surface area contributed by atoms with Gasteiger partial charge in [0.15, 0.2) is 0 Å². The van der Waals surface area contributed by atoms with Gasteiger partial charge < -0.3 is 9.84 Å². The van der Waals surface area contributed by atoms with Gasteiger partial charge in [0.1, 0.15) is 5.41 Å². The lowest BCUT2D eigenvalue weighted by molar-refractivity contribution is -0.150. The quantitative estimate of drug-likeness (QED) is 0.751. The molecule has 0 spiro atoms. The molecule has 0 bridgehead atoms. The maximum absolute atomic E-state index is 11.4. The molecule has 1 aliphatic rings. The maximum atomic E-state index is 11.4. The molecular weight excluding hydrogens is 206 g/mol. The molecular formula is C12H23NO3. The van der Waals surface area contributed by atoms with Gasteiger partial charge in [-0.15, -0.1) is 0 Å². The van der Waals surface area contributed by atoms with Crippen molar-refractivity contribution in [3.05, 3.63) is 0 Å². The van der Waals surface area contributed by atoms with Crippen LogP contribution < -0.4 is 0 Å². The lowest BCUT2D eigenvalue weighted by Gasteiger charge is -2.34. The van der Waals surface area contributed by atoms with E-state index in [0.717, 1.165) is 13.0 Å². The van der Waals surface area contributed by atoms with Gasteiger partial charge in [-0.05, 0) is 26.3 Å².